The second-order valence-electron chi connectivity index (χ2n) is 4.08. The van der Waals surface area contributed by atoms with E-state index in [1.807, 2.05) is 6.92 Å². The third-order valence-electron chi connectivity index (χ3n) is 3.05. The Balaban J connectivity index is 1.84. The highest BCUT2D eigenvalue weighted by Crippen LogP contribution is 2.47. The quantitative estimate of drug-likeness (QED) is 0.585. The first kappa shape index (κ1) is 11.0. The predicted octanol–water partition coefficient (Wildman–Crippen LogP) is 2.19. The largest absolute Gasteiger partial charge is 0.382 e. The second kappa shape index (κ2) is 5.61. The van der Waals surface area contributed by atoms with Gasteiger partial charge in [-0.1, -0.05) is 6.92 Å². The molecule has 2 nitrogen and oxygen atoms in total. The van der Waals surface area contributed by atoms with Crippen LogP contribution in [0.2, 0.25) is 0 Å². The summed E-state index contributed by atoms with van der Waals surface area (Å²) in [6, 6.07) is 0. The van der Waals surface area contributed by atoms with Crippen molar-refractivity contribution >= 4 is 0 Å². The zero-order valence-electron chi connectivity index (χ0n) is 9.07. The minimum Gasteiger partial charge on any atom is -0.382 e. The lowest BCUT2D eigenvalue weighted by Gasteiger charge is -2.12. The van der Waals surface area contributed by atoms with Crippen LogP contribution in [-0.4, -0.2) is 26.3 Å². The van der Waals surface area contributed by atoms with Crippen molar-refractivity contribution in [2.24, 2.45) is 5.41 Å². The van der Waals surface area contributed by atoms with Crippen LogP contribution in [0.5, 0.6) is 0 Å². The van der Waals surface area contributed by atoms with Crippen molar-refractivity contribution in [3.05, 3.63) is 0 Å². The zero-order valence-corrected chi connectivity index (χ0v) is 9.07. The summed E-state index contributed by atoms with van der Waals surface area (Å²) in [6.45, 7) is 8.43. The molecule has 1 fully saturated rings. The van der Waals surface area contributed by atoms with Gasteiger partial charge in [-0.3, -0.25) is 0 Å². The van der Waals surface area contributed by atoms with E-state index in [9.17, 15) is 0 Å². The van der Waals surface area contributed by atoms with E-state index < -0.39 is 0 Å². The van der Waals surface area contributed by atoms with Crippen molar-refractivity contribution < 1.29 is 4.74 Å². The van der Waals surface area contributed by atoms with Gasteiger partial charge in [0.05, 0.1) is 0 Å². The SMILES string of the molecule is CCOCCCNCC1(CC)CC1. The third-order valence-corrected chi connectivity index (χ3v) is 3.05. The van der Waals surface area contributed by atoms with Crippen molar-refractivity contribution in [1.29, 1.82) is 0 Å². The van der Waals surface area contributed by atoms with Crippen molar-refractivity contribution in [1.82, 2.24) is 5.32 Å². The molecule has 0 aromatic carbocycles. The lowest BCUT2D eigenvalue weighted by molar-refractivity contribution is 0.144. The molecule has 1 N–H and O–H groups in total. The number of nitrogens with one attached hydrogen (secondary N) is 1. The number of hydrogen-bond donors (Lipinski definition) is 1. The topological polar surface area (TPSA) is 21.3 Å². The number of hydrogen-bond acceptors (Lipinski definition) is 2. The van der Waals surface area contributed by atoms with Gasteiger partial charge in [0.15, 0.2) is 0 Å². The molecule has 0 radical (unpaired) electrons. The Morgan fingerprint density at radius 2 is 2.08 bits per heavy atom. The minimum atomic E-state index is 0.686. The van der Waals surface area contributed by atoms with Crippen LogP contribution in [0.1, 0.15) is 39.5 Å². The molecule has 1 rings (SSSR count). The second-order valence-corrected chi connectivity index (χ2v) is 4.08. The maximum Gasteiger partial charge on any atom is 0.0477 e. The average molecular weight is 185 g/mol. The molecule has 78 valence electrons. The maximum absolute atomic E-state index is 5.27. The molecule has 0 aliphatic heterocycles. The van der Waals surface area contributed by atoms with E-state index in [0.717, 1.165) is 26.2 Å². The normalized spacial score (nSPS) is 18.9. The molecule has 0 spiro atoms. The predicted molar refractivity (Wildman–Crippen MR) is 55.9 cm³/mol. The highest BCUT2D eigenvalue weighted by molar-refractivity contribution is 4.93. The van der Waals surface area contributed by atoms with Crippen LogP contribution in [0.15, 0.2) is 0 Å². The molecule has 2 heteroatoms. The van der Waals surface area contributed by atoms with Gasteiger partial charge in [0.1, 0.15) is 0 Å². The first-order chi connectivity index (χ1) is 6.33. The van der Waals surface area contributed by atoms with Gasteiger partial charge in [-0.2, -0.15) is 0 Å². The smallest absolute Gasteiger partial charge is 0.0477 e. The van der Waals surface area contributed by atoms with Crippen LogP contribution in [0.25, 0.3) is 0 Å². The first-order valence-electron chi connectivity index (χ1n) is 5.61. The molecule has 1 saturated carbocycles. The summed E-state index contributed by atoms with van der Waals surface area (Å²) in [5.74, 6) is 0. The molecule has 13 heavy (non-hydrogen) atoms. The Hall–Kier alpha value is -0.0800. The molecule has 0 aromatic heterocycles. The standard InChI is InChI=1S/C11H23NO/c1-3-11(6-7-11)10-12-8-5-9-13-4-2/h12H,3-10H2,1-2H3. The van der Waals surface area contributed by atoms with Crippen LogP contribution < -0.4 is 5.32 Å². The Morgan fingerprint density at radius 1 is 1.31 bits per heavy atom. The van der Waals surface area contributed by atoms with E-state index in [1.54, 1.807) is 0 Å². The summed E-state index contributed by atoms with van der Waals surface area (Å²) in [5, 5.41) is 3.52. The van der Waals surface area contributed by atoms with E-state index >= 15 is 0 Å². The molecule has 0 atom stereocenters. The molecular formula is C11H23NO. The summed E-state index contributed by atoms with van der Waals surface area (Å²) < 4.78 is 5.27. The lowest BCUT2D eigenvalue weighted by atomic mass is 10.0. The molecule has 0 heterocycles. The third kappa shape index (κ3) is 4.10. The summed E-state index contributed by atoms with van der Waals surface area (Å²) in [5.41, 5.74) is 0.686. The summed E-state index contributed by atoms with van der Waals surface area (Å²) in [6.07, 6.45) is 5.35. The zero-order chi connectivity index (χ0) is 9.57. The van der Waals surface area contributed by atoms with Gasteiger partial charge in [-0.25, -0.2) is 0 Å². The molecule has 0 aromatic rings. The monoisotopic (exact) mass is 185 g/mol. The number of ether oxygens (including phenoxy) is 1. The van der Waals surface area contributed by atoms with Gasteiger partial charge < -0.3 is 10.1 Å². The Labute approximate surface area is 82.0 Å². The van der Waals surface area contributed by atoms with Crippen LogP contribution >= 0.6 is 0 Å². The lowest BCUT2D eigenvalue weighted by Crippen LogP contribution is -2.25. The fraction of sp³-hybridized carbons (Fsp3) is 1.00. The van der Waals surface area contributed by atoms with Crippen molar-refractivity contribution in [2.75, 3.05) is 26.3 Å². The summed E-state index contributed by atoms with van der Waals surface area (Å²) in [7, 11) is 0. The van der Waals surface area contributed by atoms with Crippen LogP contribution in [0, 0.1) is 5.41 Å². The summed E-state index contributed by atoms with van der Waals surface area (Å²) in [4.78, 5) is 0. The van der Waals surface area contributed by atoms with E-state index in [4.69, 9.17) is 4.74 Å². The maximum atomic E-state index is 5.27. The van der Waals surface area contributed by atoms with Crippen molar-refractivity contribution in [3.8, 4) is 0 Å². The van der Waals surface area contributed by atoms with Gasteiger partial charge in [-0.05, 0) is 44.6 Å². The minimum absolute atomic E-state index is 0.686. The average Bonchev–Trinajstić information content (AvgIpc) is 2.92. The van der Waals surface area contributed by atoms with Crippen LogP contribution in [0.3, 0.4) is 0 Å². The molecule has 0 unspecified atom stereocenters. The molecule has 0 bridgehead atoms. The van der Waals surface area contributed by atoms with E-state index in [0.29, 0.717) is 5.41 Å². The Bertz CT molecular complexity index is 132. The molecule has 0 saturated heterocycles. The van der Waals surface area contributed by atoms with Gasteiger partial charge >= 0.3 is 0 Å². The summed E-state index contributed by atoms with van der Waals surface area (Å²) >= 11 is 0. The van der Waals surface area contributed by atoms with Gasteiger partial charge in [-0.15, -0.1) is 0 Å². The first-order valence-corrected chi connectivity index (χ1v) is 5.61. The van der Waals surface area contributed by atoms with Gasteiger partial charge in [0.2, 0.25) is 0 Å². The van der Waals surface area contributed by atoms with Crippen molar-refractivity contribution in [3.63, 3.8) is 0 Å². The van der Waals surface area contributed by atoms with Crippen LogP contribution in [0.4, 0.5) is 0 Å². The van der Waals surface area contributed by atoms with Gasteiger partial charge in [0, 0.05) is 19.8 Å². The van der Waals surface area contributed by atoms with E-state index in [2.05, 4.69) is 12.2 Å². The van der Waals surface area contributed by atoms with E-state index in [1.165, 1.54) is 25.8 Å². The van der Waals surface area contributed by atoms with Crippen LogP contribution in [-0.2, 0) is 4.74 Å². The molecular weight excluding hydrogens is 162 g/mol. The number of rotatable bonds is 8. The molecule has 1 aliphatic rings. The van der Waals surface area contributed by atoms with E-state index in [-0.39, 0.29) is 0 Å². The Morgan fingerprint density at radius 3 is 2.62 bits per heavy atom. The fourth-order valence-electron chi connectivity index (χ4n) is 1.63. The van der Waals surface area contributed by atoms with Crippen molar-refractivity contribution in [2.45, 2.75) is 39.5 Å². The highest BCUT2D eigenvalue weighted by atomic mass is 16.5. The van der Waals surface area contributed by atoms with Gasteiger partial charge in [0.25, 0.3) is 0 Å². The fourth-order valence-corrected chi connectivity index (χ4v) is 1.63. The molecule has 0 amide bonds. The Kier molecular flexibility index (Phi) is 4.74. The highest BCUT2D eigenvalue weighted by Gasteiger charge is 2.39. The molecule has 1 aliphatic carbocycles.